The molecule has 1 aliphatic heterocycles. The van der Waals surface area contributed by atoms with Crippen molar-refractivity contribution in [2.75, 3.05) is 31.1 Å². The fourth-order valence-corrected chi connectivity index (χ4v) is 3.15. The standard InChI is InChI=1S/C20H18FN5O2/c21-16-3-5-17(6-4-16)26-19(27)8-7-18(23-26)24-10-12-25(13-11-24)20(28)15-2-1-9-22-14-15/h1-9,14H,10-13H2. The fourth-order valence-electron chi connectivity index (χ4n) is 3.15. The minimum Gasteiger partial charge on any atom is -0.352 e. The number of hydrogen-bond acceptors (Lipinski definition) is 5. The second kappa shape index (κ2) is 7.59. The molecule has 0 spiro atoms. The molecule has 3 aromatic rings. The summed E-state index contributed by atoms with van der Waals surface area (Å²) in [5, 5.41) is 4.42. The molecule has 1 aromatic carbocycles. The van der Waals surface area contributed by atoms with Crippen molar-refractivity contribution in [3.8, 4) is 5.69 Å². The van der Waals surface area contributed by atoms with E-state index in [1.54, 1.807) is 35.5 Å². The third kappa shape index (κ3) is 3.62. The highest BCUT2D eigenvalue weighted by Crippen LogP contribution is 2.15. The van der Waals surface area contributed by atoms with Crippen LogP contribution in [-0.4, -0.2) is 51.8 Å². The van der Waals surface area contributed by atoms with Crippen LogP contribution < -0.4 is 10.5 Å². The molecule has 0 saturated carbocycles. The van der Waals surface area contributed by atoms with Gasteiger partial charge in [0.05, 0.1) is 11.3 Å². The molecule has 0 radical (unpaired) electrons. The van der Waals surface area contributed by atoms with Crippen LogP contribution in [0, 0.1) is 5.82 Å². The maximum Gasteiger partial charge on any atom is 0.271 e. The van der Waals surface area contributed by atoms with E-state index in [1.165, 1.54) is 35.0 Å². The van der Waals surface area contributed by atoms with Crippen LogP contribution >= 0.6 is 0 Å². The van der Waals surface area contributed by atoms with E-state index in [0.717, 1.165) is 0 Å². The lowest BCUT2D eigenvalue weighted by atomic mass is 10.2. The Hall–Kier alpha value is -3.55. The second-order valence-corrected chi connectivity index (χ2v) is 6.44. The Bertz CT molecular complexity index is 1030. The first-order valence-electron chi connectivity index (χ1n) is 8.92. The van der Waals surface area contributed by atoms with Gasteiger partial charge in [0.25, 0.3) is 11.5 Å². The summed E-state index contributed by atoms with van der Waals surface area (Å²) in [6, 6.07) is 12.2. The molecule has 2 aromatic heterocycles. The SMILES string of the molecule is O=C(c1cccnc1)N1CCN(c2ccc(=O)n(-c3ccc(F)cc3)n2)CC1. The highest BCUT2D eigenvalue weighted by molar-refractivity contribution is 5.94. The van der Waals surface area contributed by atoms with Crippen LogP contribution in [0.5, 0.6) is 0 Å². The van der Waals surface area contributed by atoms with Gasteiger partial charge in [0.15, 0.2) is 0 Å². The minimum atomic E-state index is -0.373. The average molecular weight is 379 g/mol. The van der Waals surface area contributed by atoms with Crippen molar-refractivity contribution in [2.24, 2.45) is 0 Å². The molecule has 1 saturated heterocycles. The molecule has 1 aliphatic rings. The topological polar surface area (TPSA) is 71.3 Å². The van der Waals surface area contributed by atoms with E-state index in [-0.39, 0.29) is 17.3 Å². The van der Waals surface area contributed by atoms with E-state index in [9.17, 15) is 14.0 Å². The summed E-state index contributed by atoms with van der Waals surface area (Å²) in [5.74, 6) is 0.219. The van der Waals surface area contributed by atoms with Gasteiger partial charge in [0.1, 0.15) is 11.6 Å². The second-order valence-electron chi connectivity index (χ2n) is 6.44. The Balaban J connectivity index is 1.49. The van der Waals surface area contributed by atoms with Crippen molar-refractivity contribution in [3.05, 3.63) is 82.7 Å². The number of anilines is 1. The van der Waals surface area contributed by atoms with Gasteiger partial charge < -0.3 is 9.80 Å². The zero-order valence-electron chi connectivity index (χ0n) is 15.0. The van der Waals surface area contributed by atoms with Gasteiger partial charge in [0.2, 0.25) is 0 Å². The maximum absolute atomic E-state index is 13.1. The fraction of sp³-hybridized carbons (Fsp3) is 0.200. The van der Waals surface area contributed by atoms with Crippen LogP contribution in [0.4, 0.5) is 10.2 Å². The first-order chi connectivity index (χ1) is 13.6. The van der Waals surface area contributed by atoms with E-state index in [4.69, 9.17) is 0 Å². The number of halogens is 1. The van der Waals surface area contributed by atoms with Crippen LogP contribution in [0.2, 0.25) is 0 Å². The first kappa shape index (κ1) is 17.8. The molecule has 0 unspecified atom stereocenters. The molecule has 8 heteroatoms. The smallest absolute Gasteiger partial charge is 0.271 e. The molecule has 28 heavy (non-hydrogen) atoms. The number of carbonyl (C=O) groups is 1. The summed E-state index contributed by atoms with van der Waals surface area (Å²) < 4.78 is 14.4. The number of hydrogen-bond donors (Lipinski definition) is 0. The Morgan fingerprint density at radius 1 is 0.964 bits per heavy atom. The third-order valence-electron chi connectivity index (χ3n) is 4.66. The maximum atomic E-state index is 13.1. The van der Waals surface area contributed by atoms with Gasteiger partial charge in [-0.2, -0.15) is 4.68 Å². The monoisotopic (exact) mass is 379 g/mol. The molecule has 142 valence electrons. The zero-order valence-corrected chi connectivity index (χ0v) is 15.0. The Labute approximate surface area is 160 Å². The number of amides is 1. The Kier molecular flexibility index (Phi) is 4.84. The molecule has 1 fully saturated rings. The van der Waals surface area contributed by atoms with Crippen LogP contribution in [0.15, 0.2) is 65.7 Å². The van der Waals surface area contributed by atoms with E-state index in [2.05, 4.69) is 10.1 Å². The van der Waals surface area contributed by atoms with Crippen molar-refractivity contribution >= 4 is 11.7 Å². The molecule has 0 atom stereocenters. The molecular formula is C20H18FN5O2. The van der Waals surface area contributed by atoms with Crippen molar-refractivity contribution in [1.82, 2.24) is 19.7 Å². The number of benzene rings is 1. The number of carbonyl (C=O) groups excluding carboxylic acids is 1. The van der Waals surface area contributed by atoms with E-state index < -0.39 is 0 Å². The van der Waals surface area contributed by atoms with E-state index in [0.29, 0.717) is 43.2 Å². The normalized spacial score (nSPS) is 14.2. The Morgan fingerprint density at radius 2 is 1.71 bits per heavy atom. The number of nitrogens with zero attached hydrogens (tertiary/aromatic N) is 5. The van der Waals surface area contributed by atoms with Gasteiger partial charge in [-0.15, -0.1) is 5.10 Å². The van der Waals surface area contributed by atoms with Gasteiger partial charge >= 0.3 is 0 Å². The highest BCUT2D eigenvalue weighted by Gasteiger charge is 2.23. The van der Waals surface area contributed by atoms with Crippen LogP contribution in [-0.2, 0) is 0 Å². The van der Waals surface area contributed by atoms with Crippen molar-refractivity contribution in [3.63, 3.8) is 0 Å². The van der Waals surface area contributed by atoms with Crippen LogP contribution in [0.25, 0.3) is 5.69 Å². The number of pyridine rings is 1. The molecular weight excluding hydrogens is 361 g/mol. The predicted molar refractivity (Wildman–Crippen MR) is 102 cm³/mol. The molecule has 1 amide bonds. The average Bonchev–Trinajstić information content (AvgIpc) is 2.75. The summed E-state index contributed by atoms with van der Waals surface area (Å²) in [6.07, 6.45) is 3.20. The van der Waals surface area contributed by atoms with Gasteiger partial charge in [-0.25, -0.2) is 4.39 Å². The van der Waals surface area contributed by atoms with Gasteiger partial charge in [-0.3, -0.25) is 14.6 Å². The van der Waals surface area contributed by atoms with Gasteiger partial charge in [-0.05, 0) is 42.5 Å². The lowest BCUT2D eigenvalue weighted by Gasteiger charge is -2.35. The summed E-state index contributed by atoms with van der Waals surface area (Å²) in [6.45, 7) is 2.29. The predicted octanol–water partition coefficient (Wildman–Crippen LogP) is 1.73. The van der Waals surface area contributed by atoms with Crippen LogP contribution in [0.3, 0.4) is 0 Å². The van der Waals surface area contributed by atoms with Crippen molar-refractivity contribution < 1.29 is 9.18 Å². The summed E-state index contributed by atoms with van der Waals surface area (Å²) in [7, 11) is 0. The van der Waals surface area contributed by atoms with E-state index >= 15 is 0 Å². The third-order valence-corrected chi connectivity index (χ3v) is 4.66. The van der Waals surface area contributed by atoms with Crippen molar-refractivity contribution in [1.29, 1.82) is 0 Å². The Morgan fingerprint density at radius 3 is 2.39 bits per heavy atom. The minimum absolute atomic E-state index is 0.0445. The van der Waals surface area contributed by atoms with Gasteiger partial charge in [0, 0.05) is 44.6 Å². The lowest BCUT2D eigenvalue weighted by molar-refractivity contribution is 0.0746. The first-order valence-corrected chi connectivity index (χ1v) is 8.92. The molecule has 0 N–H and O–H groups in total. The van der Waals surface area contributed by atoms with Crippen molar-refractivity contribution in [2.45, 2.75) is 0 Å². The molecule has 0 bridgehead atoms. The van der Waals surface area contributed by atoms with Crippen LogP contribution in [0.1, 0.15) is 10.4 Å². The van der Waals surface area contributed by atoms with E-state index in [1.807, 2.05) is 4.90 Å². The molecule has 4 rings (SSSR count). The largest absolute Gasteiger partial charge is 0.352 e. The quantitative estimate of drug-likeness (QED) is 0.693. The number of aromatic nitrogens is 3. The summed E-state index contributed by atoms with van der Waals surface area (Å²) in [5.41, 5.74) is 0.776. The summed E-state index contributed by atoms with van der Waals surface area (Å²) >= 11 is 0. The molecule has 3 heterocycles. The zero-order chi connectivity index (χ0) is 19.5. The van der Waals surface area contributed by atoms with Gasteiger partial charge in [-0.1, -0.05) is 0 Å². The number of piperazine rings is 1. The summed E-state index contributed by atoms with van der Waals surface area (Å²) in [4.78, 5) is 32.5. The lowest BCUT2D eigenvalue weighted by Crippen LogP contribution is -2.49. The molecule has 7 nitrogen and oxygen atoms in total. The highest BCUT2D eigenvalue weighted by atomic mass is 19.1. The number of rotatable bonds is 3. The molecule has 0 aliphatic carbocycles.